The fourth-order valence-corrected chi connectivity index (χ4v) is 4.28. The Morgan fingerprint density at radius 3 is 2.24 bits per heavy atom. The molecule has 1 aliphatic heterocycles. The van der Waals surface area contributed by atoms with Gasteiger partial charge in [-0.1, -0.05) is 44.0 Å². The molecule has 0 radical (unpaired) electrons. The summed E-state index contributed by atoms with van der Waals surface area (Å²) in [5, 5.41) is -0.281. The van der Waals surface area contributed by atoms with Gasteiger partial charge in [0.2, 0.25) is 0 Å². The predicted molar refractivity (Wildman–Crippen MR) is 122 cm³/mol. The van der Waals surface area contributed by atoms with Gasteiger partial charge < -0.3 is 9.47 Å². The van der Waals surface area contributed by atoms with Gasteiger partial charge in [0.1, 0.15) is 0 Å². The number of carbonyl (C=O) groups is 2. The number of benzene rings is 2. The van der Waals surface area contributed by atoms with E-state index in [1.807, 2.05) is 44.2 Å². The predicted octanol–water partition coefficient (Wildman–Crippen LogP) is 6.25. The summed E-state index contributed by atoms with van der Waals surface area (Å²) in [6, 6.07) is 11.2. The number of imide groups is 1. The molecular formula is C21H19Br2NO4S. The van der Waals surface area contributed by atoms with Gasteiger partial charge >= 0.3 is 0 Å². The van der Waals surface area contributed by atoms with Crippen LogP contribution in [0.2, 0.25) is 0 Å². The Morgan fingerprint density at radius 2 is 1.62 bits per heavy atom. The molecule has 0 bridgehead atoms. The normalized spacial score (nSPS) is 15.3. The van der Waals surface area contributed by atoms with Crippen LogP contribution in [0.4, 0.5) is 4.79 Å². The van der Waals surface area contributed by atoms with Crippen molar-refractivity contribution in [3.8, 4) is 11.5 Å². The zero-order valence-corrected chi connectivity index (χ0v) is 19.9. The fourth-order valence-electron chi connectivity index (χ4n) is 2.75. The van der Waals surface area contributed by atoms with Crippen LogP contribution in [-0.4, -0.2) is 29.3 Å². The number of ether oxygens (including phenoxy) is 2. The van der Waals surface area contributed by atoms with E-state index in [1.165, 1.54) is 4.90 Å². The quantitative estimate of drug-likeness (QED) is 0.389. The number of hydrogen-bond donors (Lipinski definition) is 0. The number of carbonyl (C=O) groups excluding carboxylic acids is 2. The molecule has 0 atom stereocenters. The Hall–Kier alpha value is -1.77. The summed E-state index contributed by atoms with van der Waals surface area (Å²) in [6.07, 6.45) is 1.70. The lowest BCUT2D eigenvalue weighted by molar-refractivity contribution is -0.123. The topological polar surface area (TPSA) is 55.8 Å². The van der Waals surface area contributed by atoms with Crippen LogP contribution < -0.4 is 9.47 Å². The van der Waals surface area contributed by atoms with E-state index in [0.29, 0.717) is 29.6 Å². The lowest BCUT2D eigenvalue weighted by Gasteiger charge is -2.13. The maximum absolute atomic E-state index is 12.8. The SMILES string of the molecule is CCOc1cc(Br)c(/C=C2\SC(=O)N(Cc3ccc(Br)cc3)C2=O)cc1OCC. The van der Waals surface area contributed by atoms with Crippen LogP contribution >= 0.6 is 43.6 Å². The van der Waals surface area contributed by atoms with Gasteiger partial charge in [-0.2, -0.15) is 0 Å². The maximum atomic E-state index is 12.8. The minimum Gasteiger partial charge on any atom is -0.490 e. The highest BCUT2D eigenvalue weighted by atomic mass is 79.9. The summed E-state index contributed by atoms with van der Waals surface area (Å²) in [6.45, 7) is 5.04. The smallest absolute Gasteiger partial charge is 0.293 e. The van der Waals surface area contributed by atoms with Gasteiger partial charge in [0.25, 0.3) is 11.1 Å². The molecule has 2 aromatic carbocycles. The van der Waals surface area contributed by atoms with Crippen molar-refractivity contribution in [1.29, 1.82) is 0 Å². The van der Waals surface area contributed by atoms with Crippen molar-refractivity contribution < 1.29 is 19.1 Å². The lowest BCUT2D eigenvalue weighted by Crippen LogP contribution is -2.27. The highest BCUT2D eigenvalue weighted by Gasteiger charge is 2.35. The minimum atomic E-state index is -0.304. The fraction of sp³-hybridized carbons (Fsp3) is 0.238. The summed E-state index contributed by atoms with van der Waals surface area (Å²) >= 11 is 7.84. The molecule has 2 aromatic rings. The lowest BCUT2D eigenvalue weighted by atomic mass is 10.1. The van der Waals surface area contributed by atoms with Gasteiger partial charge in [0, 0.05) is 8.95 Å². The number of rotatable bonds is 7. The molecule has 1 heterocycles. The second-order valence-electron chi connectivity index (χ2n) is 6.08. The van der Waals surface area contributed by atoms with Gasteiger partial charge in [-0.3, -0.25) is 14.5 Å². The molecule has 0 N–H and O–H groups in total. The Labute approximate surface area is 190 Å². The maximum Gasteiger partial charge on any atom is 0.293 e. The Kier molecular flexibility index (Phi) is 7.43. The molecule has 1 aliphatic rings. The van der Waals surface area contributed by atoms with Gasteiger partial charge in [0.15, 0.2) is 11.5 Å². The van der Waals surface area contributed by atoms with Crippen LogP contribution in [0.5, 0.6) is 11.5 Å². The molecule has 0 aromatic heterocycles. The summed E-state index contributed by atoms with van der Waals surface area (Å²) in [4.78, 5) is 26.9. The molecule has 3 rings (SSSR count). The van der Waals surface area contributed by atoms with Gasteiger partial charge in [-0.05, 0) is 67.1 Å². The first-order valence-corrected chi connectivity index (χ1v) is 11.4. The molecule has 1 fully saturated rings. The van der Waals surface area contributed by atoms with Crippen molar-refractivity contribution in [2.45, 2.75) is 20.4 Å². The van der Waals surface area contributed by atoms with Crippen molar-refractivity contribution in [3.63, 3.8) is 0 Å². The molecule has 0 unspecified atom stereocenters. The highest BCUT2D eigenvalue weighted by Crippen LogP contribution is 2.38. The third-order valence-electron chi connectivity index (χ3n) is 4.08. The molecule has 8 heteroatoms. The first kappa shape index (κ1) is 21.9. The molecule has 152 valence electrons. The number of thioether (sulfide) groups is 1. The zero-order valence-electron chi connectivity index (χ0n) is 15.9. The molecule has 1 saturated heterocycles. The van der Waals surface area contributed by atoms with E-state index in [2.05, 4.69) is 31.9 Å². The van der Waals surface area contributed by atoms with Crippen molar-refractivity contribution >= 4 is 60.8 Å². The van der Waals surface area contributed by atoms with Crippen LogP contribution in [-0.2, 0) is 11.3 Å². The molecule has 29 heavy (non-hydrogen) atoms. The number of nitrogens with zero attached hydrogens (tertiary/aromatic N) is 1. The number of amides is 2. The largest absolute Gasteiger partial charge is 0.490 e. The average Bonchev–Trinajstić information content (AvgIpc) is 2.95. The third-order valence-corrected chi connectivity index (χ3v) is 6.20. The Balaban J connectivity index is 1.86. The summed E-state index contributed by atoms with van der Waals surface area (Å²) in [5.41, 5.74) is 1.63. The molecule has 2 amide bonds. The molecule has 0 saturated carbocycles. The van der Waals surface area contributed by atoms with E-state index in [9.17, 15) is 9.59 Å². The second kappa shape index (κ2) is 9.82. The second-order valence-corrected chi connectivity index (χ2v) is 8.84. The van der Waals surface area contributed by atoms with Gasteiger partial charge in [0.05, 0.1) is 24.7 Å². The number of hydrogen-bond acceptors (Lipinski definition) is 5. The van der Waals surface area contributed by atoms with Crippen molar-refractivity contribution in [1.82, 2.24) is 4.90 Å². The molecular weight excluding hydrogens is 522 g/mol. The van der Waals surface area contributed by atoms with E-state index >= 15 is 0 Å². The standard InChI is InChI=1S/C21H19Br2NO4S/c1-3-27-17-9-14(16(23)11-18(17)28-4-2)10-19-20(25)24(21(26)29-19)12-13-5-7-15(22)8-6-13/h5-11H,3-4,12H2,1-2H3/b19-10-. The average molecular weight is 541 g/mol. The zero-order chi connectivity index (χ0) is 21.0. The van der Waals surface area contributed by atoms with E-state index in [0.717, 1.165) is 31.8 Å². The number of halogens is 2. The molecule has 0 aliphatic carbocycles. The molecule has 5 nitrogen and oxygen atoms in total. The highest BCUT2D eigenvalue weighted by molar-refractivity contribution is 9.10. The van der Waals surface area contributed by atoms with E-state index in [-0.39, 0.29) is 17.7 Å². The first-order chi connectivity index (χ1) is 13.9. The van der Waals surface area contributed by atoms with Crippen LogP contribution in [0.3, 0.4) is 0 Å². The Morgan fingerprint density at radius 1 is 1.00 bits per heavy atom. The molecule has 0 spiro atoms. The van der Waals surface area contributed by atoms with E-state index < -0.39 is 0 Å². The van der Waals surface area contributed by atoms with Gasteiger partial charge in [-0.15, -0.1) is 0 Å². The third kappa shape index (κ3) is 5.24. The van der Waals surface area contributed by atoms with E-state index in [1.54, 1.807) is 12.1 Å². The minimum absolute atomic E-state index is 0.240. The van der Waals surface area contributed by atoms with Crippen molar-refractivity contribution in [2.75, 3.05) is 13.2 Å². The van der Waals surface area contributed by atoms with Gasteiger partial charge in [-0.25, -0.2) is 0 Å². The Bertz CT molecular complexity index is 960. The summed E-state index contributed by atoms with van der Waals surface area (Å²) in [7, 11) is 0. The van der Waals surface area contributed by atoms with Crippen LogP contribution in [0.25, 0.3) is 6.08 Å². The van der Waals surface area contributed by atoms with Crippen molar-refractivity contribution in [2.24, 2.45) is 0 Å². The van der Waals surface area contributed by atoms with Crippen LogP contribution in [0, 0.1) is 0 Å². The monoisotopic (exact) mass is 539 g/mol. The van der Waals surface area contributed by atoms with Crippen LogP contribution in [0.1, 0.15) is 25.0 Å². The summed E-state index contributed by atoms with van der Waals surface area (Å²) < 4.78 is 13.0. The van der Waals surface area contributed by atoms with Crippen molar-refractivity contribution in [3.05, 3.63) is 61.4 Å². The van der Waals surface area contributed by atoms with E-state index in [4.69, 9.17) is 9.47 Å². The first-order valence-electron chi connectivity index (χ1n) is 9.01. The van der Waals surface area contributed by atoms with Crippen LogP contribution in [0.15, 0.2) is 50.2 Å². The summed E-state index contributed by atoms with van der Waals surface area (Å²) in [5.74, 6) is 0.918.